The monoisotopic (exact) mass is 474 g/mol. The number of halogens is 1. The molecule has 0 saturated carbocycles. The fourth-order valence-corrected chi connectivity index (χ4v) is 3.68. The summed E-state index contributed by atoms with van der Waals surface area (Å²) >= 11 is 0. The number of aliphatic carboxylic acids is 1. The van der Waals surface area contributed by atoms with Crippen LogP contribution in [0.15, 0.2) is 54.9 Å². The minimum atomic E-state index is -1.15. The van der Waals surface area contributed by atoms with Crippen molar-refractivity contribution >= 4 is 11.7 Å². The average molecular weight is 474 g/mol. The van der Waals surface area contributed by atoms with Gasteiger partial charge in [0.05, 0.1) is 23.7 Å². The lowest BCUT2D eigenvalue weighted by Gasteiger charge is -2.42. The minimum absolute atomic E-state index is 0.0589. The Morgan fingerprint density at radius 3 is 2.85 bits per heavy atom. The molecule has 3 atom stereocenters. The summed E-state index contributed by atoms with van der Waals surface area (Å²) in [6.45, 7) is 3.67. The van der Waals surface area contributed by atoms with Gasteiger partial charge >= 0.3 is 11.7 Å². The maximum atomic E-state index is 13.5. The Kier molecular flexibility index (Phi) is 8.30. The number of pyridine rings is 1. The quantitative estimate of drug-likeness (QED) is 0.295. The predicted molar refractivity (Wildman–Crippen MR) is 120 cm³/mol. The van der Waals surface area contributed by atoms with Crippen LogP contribution in [0.25, 0.3) is 0 Å². The van der Waals surface area contributed by atoms with Gasteiger partial charge in [-0.3, -0.25) is 19.9 Å². The largest absolute Gasteiger partial charge is 0.481 e. The zero-order chi connectivity index (χ0) is 24.7. The van der Waals surface area contributed by atoms with E-state index in [2.05, 4.69) is 4.98 Å². The van der Waals surface area contributed by atoms with E-state index in [4.69, 9.17) is 19.3 Å². The van der Waals surface area contributed by atoms with Crippen molar-refractivity contribution in [2.45, 2.75) is 51.1 Å². The van der Waals surface area contributed by atoms with Crippen molar-refractivity contribution in [3.8, 4) is 5.75 Å². The first-order valence-corrected chi connectivity index (χ1v) is 10.8. The van der Waals surface area contributed by atoms with Crippen molar-refractivity contribution in [2.75, 3.05) is 6.61 Å². The second-order valence-electron chi connectivity index (χ2n) is 8.48. The number of carboxylic acid groups (broad SMARTS) is 1. The van der Waals surface area contributed by atoms with Crippen LogP contribution < -0.4 is 4.74 Å². The Labute approximate surface area is 196 Å². The highest BCUT2D eigenvalue weighted by molar-refractivity contribution is 5.66. The van der Waals surface area contributed by atoms with Gasteiger partial charge in [0.2, 0.25) is 0 Å². The number of carboxylic acids is 1. The smallest absolute Gasteiger partial charge is 0.313 e. The van der Waals surface area contributed by atoms with E-state index in [0.29, 0.717) is 19.4 Å². The Hall–Kier alpha value is -3.37. The first kappa shape index (κ1) is 25.3. The van der Waals surface area contributed by atoms with Gasteiger partial charge in [-0.1, -0.05) is 18.2 Å². The summed E-state index contributed by atoms with van der Waals surface area (Å²) < 4.78 is 31.7. The van der Waals surface area contributed by atoms with Gasteiger partial charge in [0, 0.05) is 24.7 Å². The first-order valence-electron chi connectivity index (χ1n) is 10.8. The van der Waals surface area contributed by atoms with E-state index in [-0.39, 0.29) is 18.1 Å². The third kappa shape index (κ3) is 6.58. The Bertz CT molecular complexity index is 1030. The van der Waals surface area contributed by atoms with Crippen LogP contribution in [0, 0.1) is 21.8 Å². The van der Waals surface area contributed by atoms with E-state index < -0.39 is 40.4 Å². The molecule has 1 fully saturated rings. The number of rotatable bonds is 10. The van der Waals surface area contributed by atoms with Gasteiger partial charge in [0.15, 0.2) is 17.6 Å². The summed E-state index contributed by atoms with van der Waals surface area (Å²) in [5.41, 5.74) is -0.800. The van der Waals surface area contributed by atoms with Gasteiger partial charge in [-0.05, 0) is 50.5 Å². The van der Waals surface area contributed by atoms with Crippen LogP contribution in [0.5, 0.6) is 5.75 Å². The maximum absolute atomic E-state index is 13.5. The fraction of sp³-hybridized carbons (Fsp3) is 0.417. The molecule has 34 heavy (non-hydrogen) atoms. The Morgan fingerprint density at radius 1 is 1.38 bits per heavy atom. The number of nitro groups is 1. The topological polar surface area (TPSA) is 121 Å². The van der Waals surface area contributed by atoms with Crippen LogP contribution in [0.2, 0.25) is 0 Å². The summed E-state index contributed by atoms with van der Waals surface area (Å²) in [6.07, 6.45) is 6.89. The molecule has 1 aliphatic rings. The van der Waals surface area contributed by atoms with E-state index in [1.807, 2.05) is 18.2 Å². The normalized spacial score (nSPS) is 20.9. The lowest BCUT2D eigenvalue weighted by atomic mass is 9.92. The summed E-state index contributed by atoms with van der Waals surface area (Å²) in [7, 11) is 0. The van der Waals surface area contributed by atoms with Crippen LogP contribution in [0.4, 0.5) is 10.1 Å². The third-order valence-electron chi connectivity index (χ3n) is 5.36. The van der Waals surface area contributed by atoms with Crippen LogP contribution in [0.1, 0.15) is 44.8 Å². The highest BCUT2D eigenvalue weighted by atomic mass is 19.1. The number of ether oxygens (including phenoxy) is 3. The van der Waals surface area contributed by atoms with Crippen LogP contribution in [0.3, 0.4) is 0 Å². The summed E-state index contributed by atoms with van der Waals surface area (Å²) in [5, 5.41) is 20.1. The zero-order valence-electron chi connectivity index (χ0n) is 18.9. The second-order valence-corrected chi connectivity index (χ2v) is 8.48. The molecule has 0 radical (unpaired) electrons. The molecule has 182 valence electrons. The number of allylic oxidation sites excluding steroid dienone is 2. The molecule has 1 aromatic heterocycles. The van der Waals surface area contributed by atoms with E-state index in [9.17, 15) is 19.3 Å². The van der Waals surface area contributed by atoms with Crippen molar-refractivity contribution in [1.82, 2.24) is 4.98 Å². The molecule has 1 aliphatic heterocycles. The van der Waals surface area contributed by atoms with Gasteiger partial charge < -0.3 is 19.3 Å². The van der Waals surface area contributed by atoms with Gasteiger partial charge in [0.25, 0.3) is 0 Å². The zero-order valence-corrected chi connectivity index (χ0v) is 18.9. The Balaban J connectivity index is 1.76. The van der Waals surface area contributed by atoms with E-state index in [1.165, 1.54) is 6.07 Å². The highest BCUT2D eigenvalue weighted by Gasteiger charge is 2.43. The fourth-order valence-electron chi connectivity index (χ4n) is 3.68. The number of benzene rings is 1. The maximum Gasteiger partial charge on any atom is 0.313 e. The number of nitro benzene ring substituents is 1. The average Bonchev–Trinajstić information content (AvgIpc) is 2.80. The number of nitrogens with zero attached hydrogens (tertiary/aromatic N) is 2. The van der Waals surface area contributed by atoms with Crippen molar-refractivity contribution in [3.05, 3.63) is 76.4 Å². The molecule has 1 saturated heterocycles. The van der Waals surface area contributed by atoms with Crippen LogP contribution in [-0.2, 0) is 14.3 Å². The molecular formula is C24H27FN2O7. The van der Waals surface area contributed by atoms with E-state index in [1.54, 1.807) is 32.3 Å². The van der Waals surface area contributed by atoms with Gasteiger partial charge in [-0.15, -0.1) is 0 Å². The van der Waals surface area contributed by atoms with Crippen LogP contribution >= 0.6 is 0 Å². The molecule has 9 nitrogen and oxygen atoms in total. The molecule has 10 heteroatoms. The summed E-state index contributed by atoms with van der Waals surface area (Å²) in [5.74, 6) is -1.76. The summed E-state index contributed by atoms with van der Waals surface area (Å²) in [4.78, 5) is 25.5. The molecule has 1 aromatic carbocycles. The summed E-state index contributed by atoms with van der Waals surface area (Å²) in [6, 6.07) is 6.79. The first-order chi connectivity index (χ1) is 16.2. The minimum Gasteiger partial charge on any atom is -0.481 e. The molecule has 1 N–H and O–H groups in total. The number of carbonyl (C=O) groups is 1. The van der Waals surface area contributed by atoms with Crippen LogP contribution in [-0.4, -0.2) is 39.5 Å². The highest BCUT2D eigenvalue weighted by Crippen LogP contribution is 2.39. The molecule has 2 aromatic rings. The predicted octanol–water partition coefficient (Wildman–Crippen LogP) is 4.83. The Morgan fingerprint density at radius 2 is 2.18 bits per heavy atom. The molecule has 0 spiro atoms. The lowest BCUT2D eigenvalue weighted by Crippen LogP contribution is -2.50. The molecule has 0 aliphatic carbocycles. The van der Waals surface area contributed by atoms with Crippen molar-refractivity contribution in [2.24, 2.45) is 5.92 Å². The number of aromatic nitrogens is 1. The van der Waals surface area contributed by atoms with E-state index in [0.717, 1.165) is 17.7 Å². The lowest BCUT2D eigenvalue weighted by molar-refractivity contribution is -0.387. The van der Waals surface area contributed by atoms with Crippen molar-refractivity contribution < 1.29 is 33.4 Å². The van der Waals surface area contributed by atoms with Crippen molar-refractivity contribution in [3.63, 3.8) is 0 Å². The van der Waals surface area contributed by atoms with E-state index >= 15 is 0 Å². The number of hydrogen-bond acceptors (Lipinski definition) is 7. The molecule has 0 unspecified atom stereocenters. The SMILES string of the molecule is CC(C)(Oc1ccc(F)cc1[N+](=O)[O-])[C@H]1OC[C@@H](C/C=C\CCC(=O)O)[C@@H](c2cccnc2)O1. The van der Waals surface area contributed by atoms with Gasteiger partial charge in [-0.2, -0.15) is 0 Å². The standard InChI is InChI=1S/C24H27FN2O7/c1-24(2,34-20-11-10-18(25)13-19(20)27(30)31)23-32-15-17(7-4-3-5-9-21(28)29)22(33-23)16-8-6-12-26-14-16/h3-4,6,8,10-14,17,22-23H,5,7,9,15H2,1-2H3,(H,28,29)/b4-3-/t17-,22-,23+/m1/s1. The second kappa shape index (κ2) is 11.2. The van der Waals surface area contributed by atoms with Gasteiger partial charge in [0.1, 0.15) is 5.82 Å². The third-order valence-corrected chi connectivity index (χ3v) is 5.36. The molecule has 0 amide bonds. The molecule has 3 rings (SSSR count). The number of hydrogen-bond donors (Lipinski definition) is 1. The van der Waals surface area contributed by atoms with Crippen molar-refractivity contribution in [1.29, 1.82) is 0 Å². The molecular weight excluding hydrogens is 447 g/mol. The molecule has 0 bridgehead atoms. The van der Waals surface area contributed by atoms with Gasteiger partial charge in [-0.25, -0.2) is 4.39 Å². The molecule has 2 heterocycles.